The second-order valence-electron chi connectivity index (χ2n) is 11.6. The maximum atomic E-state index is 13.2. The van der Waals surface area contributed by atoms with Crippen molar-refractivity contribution in [3.8, 4) is 17.0 Å². The summed E-state index contributed by atoms with van der Waals surface area (Å²) in [6.07, 6.45) is 3.85. The summed E-state index contributed by atoms with van der Waals surface area (Å²) in [5, 5.41) is 12.2. The van der Waals surface area contributed by atoms with Gasteiger partial charge in [0.25, 0.3) is 0 Å². The van der Waals surface area contributed by atoms with Crippen LogP contribution in [-0.2, 0) is 22.9 Å². The van der Waals surface area contributed by atoms with Crippen molar-refractivity contribution < 1.29 is 23.8 Å². The molecule has 1 saturated heterocycles. The Balaban J connectivity index is 1.35. The number of thiophene rings is 1. The lowest BCUT2D eigenvalue weighted by atomic mass is 10.1. The molecular weight excluding hydrogens is 630 g/mol. The van der Waals surface area contributed by atoms with E-state index in [1.807, 2.05) is 65.7 Å². The molecule has 13 heteroatoms. The van der Waals surface area contributed by atoms with Gasteiger partial charge in [0.1, 0.15) is 11.3 Å². The largest absolute Gasteiger partial charge is 0.494 e. The third kappa shape index (κ3) is 7.37. The van der Waals surface area contributed by atoms with Crippen LogP contribution in [0.4, 0.5) is 27.8 Å². The highest BCUT2D eigenvalue weighted by atomic mass is 32.1. The zero-order chi connectivity index (χ0) is 33.6. The summed E-state index contributed by atoms with van der Waals surface area (Å²) >= 11 is 1.66. The van der Waals surface area contributed by atoms with E-state index in [0.29, 0.717) is 55.7 Å². The van der Waals surface area contributed by atoms with E-state index in [0.717, 1.165) is 28.6 Å². The molecule has 12 nitrogen and oxygen atoms in total. The quantitative estimate of drug-likeness (QED) is 0.140. The molecule has 0 atom stereocenters. The summed E-state index contributed by atoms with van der Waals surface area (Å²) in [6.45, 7) is 6.57. The van der Waals surface area contributed by atoms with Gasteiger partial charge in [0.2, 0.25) is 5.95 Å². The number of anilines is 4. The van der Waals surface area contributed by atoms with E-state index in [1.54, 1.807) is 32.3 Å². The Morgan fingerprint density at radius 1 is 1.08 bits per heavy atom. The Morgan fingerprint density at radius 3 is 2.65 bits per heavy atom. The number of esters is 1. The fourth-order valence-electron chi connectivity index (χ4n) is 5.65. The van der Waals surface area contributed by atoms with Crippen molar-refractivity contribution >= 4 is 57.3 Å². The third-order valence-electron chi connectivity index (χ3n) is 7.90. The number of carbonyl (C=O) groups is 2. The number of nitrogens with zero attached hydrogens (tertiary/aromatic N) is 4. The maximum absolute atomic E-state index is 13.2. The highest BCUT2D eigenvalue weighted by Crippen LogP contribution is 2.39. The predicted octanol–water partition coefficient (Wildman–Crippen LogP) is 6.22. The van der Waals surface area contributed by atoms with E-state index in [1.165, 1.54) is 11.1 Å². The summed E-state index contributed by atoms with van der Waals surface area (Å²) in [5.74, 6) is 0.255. The minimum Gasteiger partial charge on any atom is -0.494 e. The number of carbonyl (C=O) groups excluding carboxylic acids is 2. The van der Waals surface area contributed by atoms with Crippen LogP contribution in [0.5, 0.6) is 5.75 Å². The fraction of sp³-hybridized carbons (Fsp3) is 0.314. The summed E-state index contributed by atoms with van der Waals surface area (Å²) in [6, 6.07) is 15.4. The number of benzene rings is 2. The predicted molar refractivity (Wildman–Crippen MR) is 189 cm³/mol. The molecule has 2 aromatic carbocycles. The van der Waals surface area contributed by atoms with Crippen LogP contribution in [0.3, 0.4) is 0 Å². The molecule has 0 aliphatic carbocycles. The molecule has 1 aliphatic rings. The van der Waals surface area contributed by atoms with Crippen LogP contribution in [0, 0.1) is 0 Å². The molecule has 0 radical (unpaired) electrons. The number of para-hydroxylation sites is 1. The Morgan fingerprint density at radius 2 is 1.90 bits per heavy atom. The van der Waals surface area contributed by atoms with Crippen LogP contribution in [0.1, 0.15) is 29.1 Å². The van der Waals surface area contributed by atoms with Gasteiger partial charge in [0.15, 0.2) is 0 Å². The van der Waals surface area contributed by atoms with Gasteiger partial charge in [0, 0.05) is 66.5 Å². The average molecular weight is 670 g/mol. The highest BCUT2D eigenvalue weighted by Gasteiger charge is 2.24. The number of aromatic nitrogens is 3. The van der Waals surface area contributed by atoms with Crippen LogP contribution in [0.2, 0.25) is 0 Å². The van der Waals surface area contributed by atoms with Crippen molar-refractivity contribution in [3.63, 3.8) is 0 Å². The number of methoxy groups -OCH3 is 1. The molecule has 2 amide bonds. The van der Waals surface area contributed by atoms with Gasteiger partial charge in [-0.05, 0) is 43.8 Å². The zero-order valence-electron chi connectivity index (χ0n) is 27.4. The highest BCUT2D eigenvalue weighted by molar-refractivity contribution is 7.09. The van der Waals surface area contributed by atoms with Crippen molar-refractivity contribution in [1.29, 1.82) is 0 Å². The summed E-state index contributed by atoms with van der Waals surface area (Å²) in [4.78, 5) is 39.1. The molecule has 3 N–H and O–H groups in total. The summed E-state index contributed by atoms with van der Waals surface area (Å²) in [5.41, 5.74) is 4.37. The summed E-state index contributed by atoms with van der Waals surface area (Å²) in [7, 11) is 3.54. The SMILES string of the molecule is COc1cc(N2CCOCC2)c(NC(=O)NCCc2cccs2)cc1Nc1ncc(C(=O)OC(C)C)c(-c2cn(C)c3ccccc23)n1. The molecule has 4 heterocycles. The molecule has 1 fully saturated rings. The Hall–Kier alpha value is -5.14. The van der Waals surface area contributed by atoms with E-state index < -0.39 is 5.97 Å². The fourth-order valence-corrected chi connectivity index (χ4v) is 6.36. The lowest BCUT2D eigenvalue weighted by Gasteiger charge is -2.31. The number of morpholine rings is 1. The van der Waals surface area contributed by atoms with Crippen LogP contribution < -0.4 is 25.6 Å². The van der Waals surface area contributed by atoms with E-state index >= 15 is 0 Å². The number of rotatable bonds is 11. The monoisotopic (exact) mass is 669 g/mol. The number of aryl methyl sites for hydroxylation is 1. The van der Waals surface area contributed by atoms with Gasteiger partial charge in [0.05, 0.1) is 49.2 Å². The van der Waals surface area contributed by atoms with Crippen molar-refractivity contribution in [2.24, 2.45) is 7.05 Å². The normalized spacial score (nSPS) is 13.1. The minimum absolute atomic E-state index is 0.239. The second kappa shape index (κ2) is 14.7. The van der Waals surface area contributed by atoms with E-state index in [4.69, 9.17) is 19.2 Å². The number of fused-ring (bicyclic) bond motifs is 1. The van der Waals surface area contributed by atoms with Crippen LogP contribution in [-0.4, -0.2) is 72.6 Å². The maximum Gasteiger partial charge on any atom is 0.342 e. The smallest absolute Gasteiger partial charge is 0.342 e. The van der Waals surface area contributed by atoms with Crippen molar-refractivity contribution in [2.45, 2.75) is 26.4 Å². The first-order chi connectivity index (χ1) is 23.3. The van der Waals surface area contributed by atoms with E-state index in [2.05, 4.69) is 31.9 Å². The van der Waals surface area contributed by atoms with Crippen molar-refractivity contribution in [1.82, 2.24) is 19.9 Å². The van der Waals surface area contributed by atoms with Gasteiger partial charge in [-0.3, -0.25) is 0 Å². The Bertz CT molecular complexity index is 1900. The molecule has 250 valence electrons. The topological polar surface area (TPSA) is 132 Å². The van der Waals surface area contributed by atoms with Gasteiger partial charge < -0.3 is 39.6 Å². The molecule has 48 heavy (non-hydrogen) atoms. The van der Waals surface area contributed by atoms with Gasteiger partial charge in [-0.2, -0.15) is 0 Å². The summed E-state index contributed by atoms with van der Waals surface area (Å²) < 4.78 is 18.9. The second-order valence-corrected chi connectivity index (χ2v) is 12.6. The molecule has 0 saturated carbocycles. The molecular formula is C35H39N7O5S. The van der Waals surface area contributed by atoms with Crippen LogP contribution in [0.25, 0.3) is 22.2 Å². The van der Waals surface area contributed by atoms with Gasteiger partial charge in [-0.25, -0.2) is 19.6 Å². The molecule has 3 aromatic heterocycles. The average Bonchev–Trinajstić information content (AvgIpc) is 3.73. The van der Waals surface area contributed by atoms with Crippen LogP contribution in [0.15, 0.2) is 66.3 Å². The molecule has 0 bridgehead atoms. The van der Waals surface area contributed by atoms with E-state index in [-0.39, 0.29) is 23.6 Å². The number of hydrogen-bond acceptors (Lipinski definition) is 10. The van der Waals surface area contributed by atoms with Gasteiger partial charge >= 0.3 is 12.0 Å². The van der Waals surface area contributed by atoms with Crippen LogP contribution >= 0.6 is 11.3 Å². The number of nitrogens with one attached hydrogen (secondary N) is 3. The molecule has 1 aliphatic heterocycles. The first-order valence-corrected chi connectivity index (χ1v) is 16.7. The first kappa shape index (κ1) is 32.8. The zero-order valence-corrected chi connectivity index (χ0v) is 28.2. The first-order valence-electron chi connectivity index (χ1n) is 15.8. The van der Waals surface area contributed by atoms with Crippen molar-refractivity contribution in [3.05, 3.63) is 76.7 Å². The standard InChI is InChI=1S/C35H39N7O5S/c1-22(2)47-33(43)25-20-37-34(40-32(25)26-21-41(3)29-10-6-5-9-24(26)29)38-28-18-27(39-35(44)36-12-11-23-8-7-17-48-23)30(19-31(28)45-4)42-13-15-46-16-14-42/h5-10,17-22H,11-16H2,1-4H3,(H2,36,39,44)(H,37,38,40). The molecule has 0 spiro atoms. The van der Waals surface area contributed by atoms with Crippen molar-refractivity contribution in [2.75, 3.05) is 55.5 Å². The van der Waals surface area contributed by atoms with Gasteiger partial charge in [-0.15, -0.1) is 11.3 Å². The Kier molecular flexibility index (Phi) is 10.1. The number of hydrogen-bond donors (Lipinski definition) is 3. The minimum atomic E-state index is -0.511. The lowest BCUT2D eigenvalue weighted by Crippen LogP contribution is -2.37. The Labute approximate surface area is 283 Å². The molecule has 6 rings (SSSR count). The third-order valence-corrected chi connectivity index (χ3v) is 8.84. The van der Waals surface area contributed by atoms with E-state index in [9.17, 15) is 9.59 Å². The number of urea groups is 1. The molecule has 5 aromatic rings. The molecule has 0 unspecified atom stereocenters. The number of amides is 2. The number of ether oxygens (including phenoxy) is 3. The lowest BCUT2D eigenvalue weighted by molar-refractivity contribution is 0.0378. The van der Waals surface area contributed by atoms with Gasteiger partial charge in [-0.1, -0.05) is 24.3 Å².